The Labute approximate surface area is 130 Å². The highest BCUT2D eigenvalue weighted by Crippen LogP contribution is 2.25. The molecule has 0 amide bonds. The second-order valence-corrected chi connectivity index (χ2v) is 6.20. The van der Waals surface area contributed by atoms with Gasteiger partial charge in [0, 0.05) is 23.5 Å². The third kappa shape index (κ3) is 4.29. The van der Waals surface area contributed by atoms with Crippen molar-refractivity contribution in [2.24, 2.45) is 0 Å². The van der Waals surface area contributed by atoms with Crippen LogP contribution in [0.5, 0.6) is 0 Å². The molecule has 0 aromatic heterocycles. The maximum absolute atomic E-state index is 13.5. The highest BCUT2D eigenvalue weighted by atomic mass is 35.5. The van der Waals surface area contributed by atoms with Crippen molar-refractivity contribution in [1.29, 1.82) is 0 Å². The monoisotopic (exact) mass is 303 g/mol. The Morgan fingerprint density at radius 1 is 1.14 bits per heavy atom. The number of hydrogen-bond donors (Lipinski definition) is 1. The van der Waals surface area contributed by atoms with Gasteiger partial charge in [-0.05, 0) is 54.7 Å². The Bertz CT molecular complexity index is 592. The van der Waals surface area contributed by atoms with Crippen molar-refractivity contribution in [3.05, 3.63) is 70.5 Å². The predicted octanol–water partition coefficient (Wildman–Crippen LogP) is 4.56. The maximum atomic E-state index is 13.5. The zero-order valence-corrected chi connectivity index (χ0v) is 12.6. The fourth-order valence-electron chi connectivity index (χ4n) is 2.57. The van der Waals surface area contributed by atoms with Crippen molar-refractivity contribution >= 4 is 11.6 Å². The van der Waals surface area contributed by atoms with E-state index in [0.29, 0.717) is 6.04 Å². The number of hydrogen-bond acceptors (Lipinski definition) is 1. The quantitative estimate of drug-likeness (QED) is 0.825. The van der Waals surface area contributed by atoms with Crippen molar-refractivity contribution in [3.63, 3.8) is 0 Å². The molecule has 2 aromatic carbocycles. The molecule has 0 spiro atoms. The number of nitrogens with one attached hydrogen (secondary N) is 1. The van der Waals surface area contributed by atoms with Gasteiger partial charge in [-0.2, -0.15) is 0 Å². The van der Waals surface area contributed by atoms with Crippen LogP contribution in [0.4, 0.5) is 4.39 Å². The molecule has 1 atom stereocenters. The first kappa shape index (κ1) is 14.6. The normalized spacial score (nSPS) is 15.9. The van der Waals surface area contributed by atoms with Crippen molar-refractivity contribution < 1.29 is 4.39 Å². The van der Waals surface area contributed by atoms with Crippen molar-refractivity contribution in [2.45, 2.75) is 31.2 Å². The summed E-state index contributed by atoms with van der Waals surface area (Å²) in [4.78, 5) is 0. The van der Waals surface area contributed by atoms with Gasteiger partial charge in [0.25, 0.3) is 0 Å². The van der Waals surface area contributed by atoms with E-state index in [1.165, 1.54) is 24.5 Å². The average molecular weight is 304 g/mol. The van der Waals surface area contributed by atoms with Crippen molar-refractivity contribution in [2.75, 3.05) is 6.54 Å². The van der Waals surface area contributed by atoms with E-state index in [1.807, 2.05) is 30.3 Å². The molecule has 1 unspecified atom stereocenters. The minimum Gasteiger partial charge on any atom is -0.313 e. The summed E-state index contributed by atoms with van der Waals surface area (Å²) in [6.07, 6.45) is 3.41. The van der Waals surface area contributed by atoms with Crippen LogP contribution < -0.4 is 5.32 Å². The lowest BCUT2D eigenvalue weighted by Gasteiger charge is -2.18. The first-order valence-electron chi connectivity index (χ1n) is 7.44. The van der Waals surface area contributed by atoms with Crippen LogP contribution in [0.1, 0.15) is 29.9 Å². The molecular formula is C18H19ClFN. The fourth-order valence-corrected chi connectivity index (χ4v) is 2.70. The molecule has 1 saturated carbocycles. The molecule has 1 nitrogen and oxygen atoms in total. The van der Waals surface area contributed by atoms with Crippen LogP contribution in [0.25, 0.3) is 0 Å². The Morgan fingerprint density at radius 2 is 1.90 bits per heavy atom. The van der Waals surface area contributed by atoms with Gasteiger partial charge in [0.05, 0.1) is 0 Å². The van der Waals surface area contributed by atoms with Crippen LogP contribution in [0, 0.1) is 5.82 Å². The Morgan fingerprint density at radius 3 is 2.57 bits per heavy atom. The fraction of sp³-hybridized carbons (Fsp3) is 0.333. The van der Waals surface area contributed by atoms with Crippen LogP contribution in [-0.2, 0) is 6.42 Å². The Kier molecular flexibility index (Phi) is 4.57. The summed E-state index contributed by atoms with van der Waals surface area (Å²) < 4.78 is 13.5. The van der Waals surface area contributed by atoms with Gasteiger partial charge in [0.2, 0.25) is 0 Å². The summed E-state index contributed by atoms with van der Waals surface area (Å²) in [6.45, 7) is 0.886. The smallest absolute Gasteiger partial charge is 0.123 e. The summed E-state index contributed by atoms with van der Waals surface area (Å²) >= 11 is 5.94. The molecule has 0 saturated heterocycles. The molecule has 1 fully saturated rings. The summed E-state index contributed by atoms with van der Waals surface area (Å²) in [6, 6.07) is 15.5. The second-order valence-electron chi connectivity index (χ2n) is 5.77. The van der Waals surface area contributed by atoms with E-state index < -0.39 is 0 Å². The molecular weight excluding hydrogens is 285 g/mol. The summed E-state index contributed by atoms with van der Waals surface area (Å²) in [5.41, 5.74) is 2.28. The first-order chi connectivity index (χ1) is 10.2. The second kappa shape index (κ2) is 6.59. The molecule has 1 aliphatic carbocycles. The van der Waals surface area contributed by atoms with Crippen molar-refractivity contribution in [3.8, 4) is 0 Å². The molecule has 1 N–H and O–H groups in total. The molecule has 110 valence electrons. The van der Waals surface area contributed by atoms with Gasteiger partial charge < -0.3 is 5.32 Å². The van der Waals surface area contributed by atoms with Crippen LogP contribution in [0.2, 0.25) is 5.02 Å². The maximum Gasteiger partial charge on any atom is 0.123 e. The summed E-state index contributed by atoms with van der Waals surface area (Å²) in [7, 11) is 0. The predicted molar refractivity (Wildman–Crippen MR) is 85.3 cm³/mol. The van der Waals surface area contributed by atoms with Crippen LogP contribution in [0.15, 0.2) is 48.5 Å². The molecule has 0 radical (unpaired) electrons. The molecule has 3 heteroatoms. The topological polar surface area (TPSA) is 12.0 Å². The van der Waals surface area contributed by atoms with E-state index in [4.69, 9.17) is 11.6 Å². The molecule has 0 heterocycles. The SMILES string of the molecule is Fc1cccc(C(CNC2CC2)Cc2ccc(Cl)cc2)c1. The third-order valence-electron chi connectivity index (χ3n) is 3.95. The zero-order valence-electron chi connectivity index (χ0n) is 11.9. The van der Waals surface area contributed by atoms with E-state index in [-0.39, 0.29) is 11.7 Å². The molecule has 1 aliphatic rings. The van der Waals surface area contributed by atoms with Crippen LogP contribution in [0.3, 0.4) is 0 Å². The van der Waals surface area contributed by atoms with E-state index in [2.05, 4.69) is 5.32 Å². The number of rotatable bonds is 6. The van der Waals surface area contributed by atoms with Crippen LogP contribution in [-0.4, -0.2) is 12.6 Å². The lowest BCUT2D eigenvalue weighted by Crippen LogP contribution is -2.24. The third-order valence-corrected chi connectivity index (χ3v) is 4.20. The van der Waals surface area contributed by atoms with Crippen LogP contribution >= 0.6 is 11.6 Å². The number of halogens is 2. The van der Waals surface area contributed by atoms with Gasteiger partial charge in [-0.15, -0.1) is 0 Å². The molecule has 3 rings (SSSR count). The highest BCUT2D eigenvalue weighted by Gasteiger charge is 2.22. The van der Waals surface area contributed by atoms with Gasteiger partial charge in [-0.3, -0.25) is 0 Å². The summed E-state index contributed by atoms with van der Waals surface area (Å²) in [5, 5.41) is 4.31. The minimum atomic E-state index is -0.167. The van der Waals surface area contributed by atoms with Gasteiger partial charge in [0.1, 0.15) is 5.82 Å². The van der Waals surface area contributed by atoms with Crippen molar-refractivity contribution in [1.82, 2.24) is 5.32 Å². The first-order valence-corrected chi connectivity index (χ1v) is 7.82. The molecule has 2 aromatic rings. The Hall–Kier alpha value is -1.38. The van der Waals surface area contributed by atoms with E-state index in [1.54, 1.807) is 12.1 Å². The van der Waals surface area contributed by atoms with E-state index in [9.17, 15) is 4.39 Å². The molecule has 0 bridgehead atoms. The van der Waals surface area contributed by atoms with Gasteiger partial charge in [-0.25, -0.2) is 4.39 Å². The Balaban J connectivity index is 1.75. The lowest BCUT2D eigenvalue weighted by atomic mass is 9.92. The van der Waals surface area contributed by atoms with Gasteiger partial charge >= 0.3 is 0 Å². The van der Waals surface area contributed by atoms with E-state index >= 15 is 0 Å². The standard InChI is InChI=1S/C18H19ClFN/c19-16-6-4-13(5-7-16)10-15(12-21-18-8-9-18)14-2-1-3-17(20)11-14/h1-7,11,15,18,21H,8-10,12H2. The zero-order chi connectivity index (χ0) is 14.7. The lowest BCUT2D eigenvalue weighted by molar-refractivity contribution is 0.569. The van der Waals surface area contributed by atoms with Gasteiger partial charge in [0.15, 0.2) is 0 Å². The molecule has 0 aliphatic heterocycles. The van der Waals surface area contributed by atoms with Gasteiger partial charge in [-0.1, -0.05) is 35.9 Å². The molecule has 21 heavy (non-hydrogen) atoms. The highest BCUT2D eigenvalue weighted by molar-refractivity contribution is 6.30. The average Bonchev–Trinajstić information content (AvgIpc) is 3.30. The largest absolute Gasteiger partial charge is 0.313 e. The minimum absolute atomic E-state index is 0.167. The number of benzene rings is 2. The summed E-state index contributed by atoms with van der Waals surface area (Å²) in [5.74, 6) is 0.113. The van der Waals surface area contributed by atoms with E-state index in [0.717, 1.165) is 23.6 Å².